The first-order valence-corrected chi connectivity index (χ1v) is 4.86. The van der Waals surface area contributed by atoms with Gasteiger partial charge in [-0.3, -0.25) is 0 Å². The van der Waals surface area contributed by atoms with E-state index in [2.05, 4.69) is 15.9 Å². The molecule has 0 spiro atoms. The zero-order chi connectivity index (χ0) is 10.6. The largest absolute Gasteiger partial charge is 0.393 e. The van der Waals surface area contributed by atoms with Crippen LogP contribution >= 0.6 is 15.9 Å². The van der Waals surface area contributed by atoms with Crippen LogP contribution in [0.15, 0.2) is 29.3 Å². The minimum absolute atomic E-state index is 0.288. The smallest absolute Gasteiger partial charge is 0.171 e. The molecule has 0 aliphatic heterocycles. The molecule has 76 valence electrons. The predicted octanol–water partition coefficient (Wildman–Crippen LogP) is 4.16. The first-order valence-electron chi connectivity index (χ1n) is 3.94. The summed E-state index contributed by atoms with van der Waals surface area (Å²) in [6.07, 6.45) is -3.45. The summed E-state index contributed by atoms with van der Waals surface area (Å²) in [5.41, 5.74) is 0.873. The van der Waals surface area contributed by atoms with Crippen molar-refractivity contribution in [1.29, 1.82) is 0 Å². The molecule has 0 aliphatic carbocycles. The monoisotopic (exact) mass is 264 g/mol. The summed E-state index contributed by atoms with van der Waals surface area (Å²) in [6.45, 7) is 0. The summed E-state index contributed by atoms with van der Waals surface area (Å²) in [4.78, 5) is 1.54. The maximum Gasteiger partial charge on any atom is 0.393 e. The summed E-state index contributed by atoms with van der Waals surface area (Å²) in [6, 6.07) is 6.45. The van der Waals surface area contributed by atoms with E-state index >= 15 is 0 Å². The Morgan fingerprint density at radius 3 is 2.43 bits per heavy atom. The Labute approximate surface area is 88.6 Å². The number of halogens is 4. The van der Waals surface area contributed by atoms with E-state index in [1.54, 1.807) is 29.3 Å². The van der Waals surface area contributed by atoms with Crippen LogP contribution in [0.4, 0.5) is 13.2 Å². The first-order chi connectivity index (χ1) is 6.53. The van der Waals surface area contributed by atoms with E-state index in [1.807, 2.05) is 0 Å². The van der Waals surface area contributed by atoms with Crippen molar-refractivity contribution in [3.05, 3.63) is 40.4 Å². The molecule has 0 heterocycles. The van der Waals surface area contributed by atoms with Gasteiger partial charge in [0.2, 0.25) is 0 Å². The molecule has 4 heteroatoms. The molecule has 0 bridgehead atoms. The quantitative estimate of drug-likeness (QED) is 0.753. The van der Waals surface area contributed by atoms with Crippen LogP contribution in [0, 0.1) is 0 Å². The Balaban J connectivity index is 2.96. The Kier molecular flexibility index (Phi) is 3.75. The molecule has 0 amide bonds. The fraction of sp³-hybridized carbons (Fsp3) is 0.200. The zero-order valence-corrected chi connectivity index (χ0v) is 8.77. The van der Waals surface area contributed by atoms with Gasteiger partial charge in [0.05, 0.1) is 6.42 Å². The second-order valence-electron chi connectivity index (χ2n) is 2.78. The SMILES string of the molecule is FC(F)(F)Cc1ccccc1/C=C/Br. The fourth-order valence-electron chi connectivity index (χ4n) is 1.14. The van der Waals surface area contributed by atoms with Gasteiger partial charge in [-0.15, -0.1) is 0 Å². The van der Waals surface area contributed by atoms with Gasteiger partial charge in [-0.05, 0) is 22.2 Å². The van der Waals surface area contributed by atoms with Crippen molar-refractivity contribution in [2.24, 2.45) is 0 Å². The Hall–Kier alpha value is -0.770. The summed E-state index contributed by atoms with van der Waals surface area (Å²) < 4.78 is 36.4. The van der Waals surface area contributed by atoms with Crippen LogP contribution in [0.1, 0.15) is 11.1 Å². The lowest BCUT2D eigenvalue weighted by molar-refractivity contribution is -0.127. The van der Waals surface area contributed by atoms with Crippen molar-refractivity contribution in [3.8, 4) is 0 Å². The van der Waals surface area contributed by atoms with E-state index in [0.717, 1.165) is 0 Å². The Morgan fingerprint density at radius 2 is 1.86 bits per heavy atom. The van der Waals surface area contributed by atoms with Crippen molar-refractivity contribution in [2.45, 2.75) is 12.6 Å². The molecule has 0 saturated heterocycles. The van der Waals surface area contributed by atoms with E-state index in [9.17, 15) is 13.2 Å². The molecule has 0 radical (unpaired) electrons. The molecule has 0 atom stereocenters. The van der Waals surface area contributed by atoms with Gasteiger partial charge in [0.15, 0.2) is 0 Å². The molecule has 0 fully saturated rings. The van der Waals surface area contributed by atoms with E-state index in [1.165, 1.54) is 6.07 Å². The summed E-state index contributed by atoms with van der Waals surface area (Å²) in [5.74, 6) is 0. The van der Waals surface area contributed by atoms with Crippen LogP contribution in [0.5, 0.6) is 0 Å². The van der Waals surface area contributed by atoms with Crippen molar-refractivity contribution in [2.75, 3.05) is 0 Å². The predicted molar refractivity (Wildman–Crippen MR) is 54.2 cm³/mol. The minimum Gasteiger partial charge on any atom is -0.171 e. The number of hydrogen-bond donors (Lipinski definition) is 0. The van der Waals surface area contributed by atoms with Gasteiger partial charge in [0, 0.05) is 0 Å². The Morgan fingerprint density at radius 1 is 1.21 bits per heavy atom. The van der Waals surface area contributed by atoms with Crippen LogP contribution in [-0.4, -0.2) is 6.18 Å². The molecule has 0 saturated carbocycles. The lowest BCUT2D eigenvalue weighted by Gasteiger charge is -2.08. The third-order valence-corrected chi connectivity index (χ3v) is 1.95. The maximum absolute atomic E-state index is 12.1. The van der Waals surface area contributed by atoms with Gasteiger partial charge in [-0.25, -0.2) is 0 Å². The van der Waals surface area contributed by atoms with E-state index in [0.29, 0.717) is 5.56 Å². The molecule has 0 nitrogen and oxygen atoms in total. The fourth-order valence-corrected chi connectivity index (χ4v) is 1.43. The van der Waals surface area contributed by atoms with Gasteiger partial charge < -0.3 is 0 Å². The lowest BCUT2D eigenvalue weighted by atomic mass is 10.0. The molecule has 0 N–H and O–H groups in total. The van der Waals surface area contributed by atoms with Gasteiger partial charge >= 0.3 is 6.18 Å². The first kappa shape index (κ1) is 11.3. The molecule has 1 aromatic rings. The highest BCUT2D eigenvalue weighted by molar-refractivity contribution is 9.11. The van der Waals surface area contributed by atoms with Crippen LogP contribution in [-0.2, 0) is 6.42 Å². The molecule has 1 aromatic carbocycles. The molecule has 0 unspecified atom stereocenters. The third kappa shape index (κ3) is 3.54. The standard InChI is InChI=1S/C10H8BrF3/c11-6-5-8-3-1-2-4-9(8)7-10(12,13)14/h1-6H,7H2/b6-5+. The third-order valence-electron chi connectivity index (χ3n) is 1.69. The number of rotatable bonds is 2. The second kappa shape index (κ2) is 4.64. The van der Waals surface area contributed by atoms with Crippen LogP contribution < -0.4 is 0 Å². The van der Waals surface area contributed by atoms with Crippen LogP contribution in [0.2, 0.25) is 0 Å². The van der Waals surface area contributed by atoms with Crippen LogP contribution in [0.3, 0.4) is 0 Å². The molecule has 1 rings (SSSR count). The van der Waals surface area contributed by atoms with Gasteiger partial charge in [-0.1, -0.05) is 40.2 Å². The zero-order valence-electron chi connectivity index (χ0n) is 7.18. The number of alkyl halides is 3. The normalized spacial score (nSPS) is 12.3. The van der Waals surface area contributed by atoms with Crippen molar-refractivity contribution >= 4 is 22.0 Å². The number of benzene rings is 1. The number of hydrogen-bond acceptors (Lipinski definition) is 0. The lowest BCUT2D eigenvalue weighted by Crippen LogP contribution is -2.12. The molecular weight excluding hydrogens is 257 g/mol. The average molecular weight is 265 g/mol. The van der Waals surface area contributed by atoms with E-state index < -0.39 is 12.6 Å². The van der Waals surface area contributed by atoms with Crippen molar-refractivity contribution < 1.29 is 13.2 Å². The molecular formula is C10H8BrF3. The molecule has 0 aliphatic rings. The average Bonchev–Trinajstić information content (AvgIpc) is 2.06. The highest BCUT2D eigenvalue weighted by Gasteiger charge is 2.28. The Bertz CT molecular complexity index is 328. The highest BCUT2D eigenvalue weighted by Crippen LogP contribution is 2.24. The van der Waals surface area contributed by atoms with Crippen molar-refractivity contribution in [3.63, 3.8) is 0 Å². The van der Waals surface area contributed by atoms with Gasteiger partial charge in [0.25, 0.3) is 0 Å². The van der Waals surface area contributed by atoms with Gasteiger partial charge in [0.1, 0.15) is 0 Å². The minimum atomic E-state index is -4.16. The maximum atomic E-state index is 12.1. The molecule has 14 heavy (non-hydrogen) atoms. The summed E-state index contributed by atoms with van der Waals surface area (Å²) in [5, 5.41) is 0. The van der Waals surface area contributed by atoms with Crippen molar-refractivity contribution in [1.82, 2.24) is 0 Å². The van der Waals surface area contributed by atoms with Gasteiger partial charge in [-0.2, -0.15) is 13.2 Å². The second-order valence-corrected chi connectivity index (χ2v) is 3.31. The summed E-state index contributed by atoms with van der Waals surface area (Å²) in [7, 11) is 0. The topological polar surface area (TPSA) is 0 Å². The van der Waals surface area contributed by atoms with E-state index in [-0.39, 0.29) is 5.56 Å². The van der Waals surface area contributed by atoms with E-state index in [4.69, 9.17) is 0 Å². The highest BCUT2D eigenvalue weighted by atomic mass is 79.9. The molecule has 0 aromatic heterocycles. The summed E-state index contributed by atoms with van der Waals surface area (Å²) >= 11 is 3.04. The van der Waals surface area contributed by atoms with Crippen LogP contribution in [0.25, 0.3) is 6.08 Å².